The quantitative estimate of drug-likeness (QED) is 0.459. The van der Waals surface area contributed by atoms with Crippen LogP contribution >= 0.6 is 11.8 Å². The highest BCUT2D eigenvalue weighted by molar-refractivity contribution is 7.99. The molecule has 0 saturated carbocycles. The number of nitro groups is 1. The minimum atomic E-state index is -0.585. The smallest absolute Gasteiger partial charge is 0.269 e. The molecule has 0 aliphatic heterocycles. The monoisotopic (exact) mass is 429 g/mol. The van der Waals surface area contributed by atoms with E-state index in [1.165, 1.54) is 23.9 Å². The summed E-state index contributed by atoms with van der Waals surface area (Å²) >= 11 is 1.42. The highest BCUT2D eigenvalue weighted by atomic mass is 32.2. The summed E-state index contributed by atoms with van der Waals surface area (Å²) in [6, 6.07) is 13.6. The van der Waals surface area contributed by atoms with Gasteiger partial charge in [-0.2, -0.15) is 0 Å². The fourth-order valence-corrected chi connectivity index (χ4v) is 3.72. The molecule has 0 aliphatic carbocycles. The molecule has 0 heterocycles. The third-order valence-corrected chi connectivity index (χ3v) is 5.62. The van der Waals surface area contributed by atoms with Crippen molar-refractivity contribution < 1.29 is 14.5 Å². The number of nitrogens with zero attached hydrogens (tertiary/aromatic N) is 2. The lowest BCUT2D eigenvalue weighted by Crippen LogP contribution is -2.48. The molecule has 0 fully saturated rings. The van der Waals surface area contributed by atoms with Gasteiger partial charge in [-0.25, -0.2) is 0 Å². The summed E-state index contributed by atoms with van der Waals surface area (Å²) < 4.78 is 0. The molecule has 1 N–H and O–H groups in total. The van der Waals surface area contributed by atoms with Crippen LogP contribution in [0, 0.1) is 17.0 Å². The standard InChI is InChI=1S/C22H27N3O4S/c1-4-23-22(27)17(3)24(13-18-7-5-16(2)6-8-18)21(26)15-30-14-19-9-11-20(12-10-19)25(28)29/h5-12,17H,4,13-15H2,1-3H3,(H,23,27). The van der Waals surface area contributed by atoms with Gasteiger partial charge in [-0.3, -0.25) is 19.7 Å². The van der Waals surface area contributed by atoms with E-state index in [1.807, 2.05) is 38.1 Å². The maximum absolute atomic E-state index is 12.9. The number of hydrogen-bond donors (Lipinski definition) is 1. The van der Waals surface area contributed by atoms with E-state index in [2.05, 4.69) is 5.32 Å². The van der Waals surface area contributed by atoms with Gasteiger partial charge in [0.2, 0.25) is 11.8 Å². The highest BCUT2D eigenvalue weighted by Gasteiger charge is 2.25. The van der Waals surface area contributed by atoms with Gasteiger partial charge in [-0.1, -0.05) is 42.0 Å². The number of nitrogens with one attached hydrogen (secondary N) is 1. The molecular weight excluding hydrogens is 402 g/mol. The molecule has 2 rings (SSSR count). The fourth-order valence-electron chi connectivity index (χ4n) is 2.85. The lowest BCUT2D eigenvalue weighted by atomic mass is 10.1. The van der Waals surface area contributed by atoms with E-state index in [-0.39, 0.29) is 23.3 Å². The predicted molar refractivity (Wildman–Crippen MR) is 119 cm³/mol. The number of carbonyl (C=O) groups is 2. The first kappa shape index (κ1) is 23.4. The number of aryl methyl sites for hydroxylation is 1. The molecule has 0 radical (unpaired) electrons. The van der Waals surface area contributed by atoms with E-state index >= 15 is 0 Å². The Kier molecular flexibility index (Phi) is 8.86. The zero-order valence-electron chi connectivity index (χ0n) is 17.5. The van der Waals surface area contributed by atoms with Crippen LogP contribution in [0.2, 0.25) is 0 Å². The van der Waals surface area contributed by atoms with Crippen LogP contribution in [-0.2, 0) is 21.9 Å². The number of hydrogen-bond acceptors (Lipinski definition) is 5. The van der Waals surface area contributed by atoms with Gasteiger partial charge in [0.1, 0.15) is 6.04 Å². The molecule has 0 aliphatic rings. The van der Waals surface area contributed by atoms with Gasteiger partial charge in [-0.15, -0.1) is 11.8 Å². The summed E-state index contributed by atoms with van der Waals surface area (Å²) in [5.41, 5.74) is 3.04. The predicted octanol–water partition coefficient (Wildman–Crippen LogP) is 3.69. The Hall–Kier alpha value is -2.87. The van der Waals surface area contributed by atoms with Crippen molar-refractivity contribution >= 4 is 29.3 Å². The lowest BCUT2D eigenvalue weighted by Gasteiger charge is -2.28. The zero-order valence-corrected chi connectivity index (χ0v) is 18.3. The number of rotatable bonds is 10. The van der Waals surface area contributed by atoms with Gasteiger partial charge < -0.3 is 10.2 Å². The fraction of sp³-hybridized carbons (Fsp3) is 0.364. The second-order valence-electron chi connectivity index (χ2n) is 6.99. The molecule has 1 atom stereocenters. The summed E-state index contributed by atoms with van der Waals surface area (Å²) in [5.74, 6) is 0.462. The van der Waals surface area contributed by atoms with Gasteiger partial charge in [0.05, 0.1) is 10.7 Å². The number of likely N-dealkylation sites (N-methyl/N-ethyl adjacent to an activating group) is 1. The molecule has 1 unspecified atom stereocenters. The highest BCUT2D eigenvalue weighted by Crippen LogP contribution is 2.18. The van der Waals surface area contributed by atoms with Crippen molar-refractivity contribution in [1.29, 1.82) is 0 Å². The zero-order chi connectivity index (χ0) is 22.1. The van der Waals surface area contributed by atoms with Crippen LogP contribution in [0.25, 0.3) is 0 Å². The Bertz CT molecular complexity index is 869. The number of benzene rings is 2. The van der Waals surface area contributed by atoms with E-state index in [1.54, 1.807) is 24.0 Å². The van der Waals surface area contributed by atoms with Crippen molar-refractivity contribution in [3.05, 3.63) is 75.3 Å². The van der Waals surface area contributed by atoms with Gasteiger partial charge in [0, 0.05) is 31.0 Å². The number of nitro benzene ring substituents is 1. The van der Waals surface area contributed by atoms with E-state index in [0.29, 0.717) is 18.8 Å². The average molecular weight is 430 g/mol. The maximum atomic E-state index is 12.9. The Labute approximate surface area is 181 Å². The van der Waals surface area contributed by atoms with Gasteiger partial charge >= 0.3 is 0 Å². The second kappa shape index (κ2) is 11.3. The van der Waals surface area contributed by atoms with Crippen molar-refractivity contribution in [2.45, 2.75) is 39.1 Å². The molecule has 8 heteroatoms. The van der Waals surface area contributed by atoms with Crippen LogP contribution < -0.4 is 5.32 Å². The third-order valence-electron chi connectivity index (χ3n) is 4.63. The molecule has 2 aromatic carbocycles. The van der Waals surface area contributed by atoms with E-state index in [9.17, 15) is 19.7 Å². The Morgan fingerprint density at radius 1 is 1.10 bits per heavy atom. The van der Waals surface area contributed by atoms with Crippen LogP contribution in [0.1, 0.15) is 30.5 Å². The number of carbonyl (C=O) groups excluding carboxylic acids is 2. The molecule has 160 valence electrons. The molecule has 7 nitrogen and oxygen atoms in total. The largest absolute Gasteiger partial charge is 0.355 e. The third kappa shape index (κ3) is 6.88. The molecule has 0 spiro atoms. The van der Waals surface area contributed by atoms with Crippen LogP contribution in [0.15, 0.2) is 48.5 Å². The first-order valence-corrected chi connectivity index (χ1v) is 10.9. The minimum Gasteiger partial charge on any atom is -0.355 e. The average Bonchev–Trinajstić information content (AvgIpc) is 2.73. The normalized spacial score (nSPS) is 11.6. The van der Waals surface area contributed by atoms with Gasteiger partial charge in [0.15, 0.2) is 0 Å². The van der Waals surface area contributed by atoms with Crippen molar-refractivity contribution in [3.8, 4) is 0 Å². The molecule has 30 heavy (non-hydrogen) atoms. The molecule has 2 amide bonds. The molecule has 0 bridgehead atoms. The number of thioether (sulfide) groups is 1. The van der Waals surface area contributed by atoms with Crippen molar-refractivity contribution in [2.75, 3.05) is 12.3 Å². The molecule has 0 aromatic heterocycles. The summed E-state index contributed by atoms with van der Waals surface area (Å²) in [7, 11) is 0. The van der Waals surface area contributed by atoms with Crippen LogP contribution in [0.3, 0.4) is 0 Å². The molecular formula is C22H27N3O4S. The van der Waals surface area contributed by atoms with Gasteiger partial charge in [0.25, 0.3) is 5.69 Å². The minimum absolute atomic E-state index is 0.0415. The van der Waals surface area contributed by atoms with Crippen molar-refractivity contribution in [2.24, 2.45) is 0 Å². The number of non-ortho nitro benzene ring substituents is 1. The Morgan fingerprint density at radius 3 is 2.27 bits per heavy atom. The molecule has 2 aromatic rings. The maximum Gasteiger partial charge on any atom is 0.269 e. The van der Waals surface area contributed by atoms with Crippen molar-refractivity contribution in [3.63, 3.8) is 0 Å². The topological polar surface area (TPSA) is 92.6 Å². The van der Waals surface area contributed by atoms with Crippen LogP contribution in [0.5, 0.6) is 0 Å². The SMILES string of the molecule is CCNC(=O)C(C)N(Cc1ccc(C)cc1)C(=O)CSCc1ccc([N+](=O)[O-])cc1. The van der Waals surface area contributed by atoms with Crippen LogP contribution in [0.4, 0.5) is 5.69 Å². The Morgan fingerprint density at radius 2 is 1.70 bits per heavy atom. The van der Waals surface area contributed by atoms with Crippen LogP contribution in [-0.4, -0.2) is 40.0 Å². The summed E-state index contributed by atoms with van der Waals surface area (Å²) in [4.78, 5) is 37.2. The van der Waals surface area contributed by atoms with E-state index in [4.69, 9.17) is 0 Å². The van der Waals surface area contributed by atoms with E-state index in [0.717, 1.165) is 16.7 Å². The second-order valence-corrected chi connectivity index (χ2v) is 7.98. The van der Waals surface area contributed by atoms with E-state index < -0.39 is 11.0 Å². The summed E-state index contributed by atoms with van der Waals surface area (Å²) in [6.07, 6.45) is 0. The summed E-state index contributed by atoms with van der Waals surface area (Å²) in [5, 5.41) is 13.5. The number of amides is 2. The Balaban J connectivity index is 2.02. The van der Waals surface area contributed by atoms with Gasteiger partial charge in [-0.05, 0) is 31.9 Å². The van der Waals surface area contributed by atoms with Crippen molar-refractivity contribution in [1.82, 2.24) is 10.2 Å². The lowest BCUT2D eigenvalue weighted by molar-refractivity contribution is -0.384. The first-order chi connectivity index (χ1) is 14.3. The summed E-state index contributed by atoms with van der Waals surface area (Å²) in [6.45, 7) is 6.44. The molecule has 0 saturated heterocycles. The first-order valence-electron chi connectivity index (χ1n) is 9.75.